The molecule has 0 atom stereocenters. The van der Waals surface area contributed by atoms with Crippen LogP contribution < -0.4 is 15.7 Å². The Morgan fingerprint density at radius 2 is 1.97 bits per heavy atom. The zero-order chi connectivity index (χ0) is 23.7. The van der Waals surface area contributed by atoms with Crippen LogP contribution in [0.15, 0.2) is 76.2 Å². The van der Waals surface area contributed by atoms with Gasteiger partial charge in [0.1, 0.15) is 12.3 Å². The van der Waals surface area contributed by atoms with E-state index in [0.29, 0.717) is 33.4 Å². The summed E-state index contributed by atoms with van der Waals surface area (Å²) in [6.45, 7) is -0.274. The Hall–Kier alpha value is -4.44. The van der Waals surface area contributed by atoms with Gasteiger partial charge in [0.15, 0.2) is 5.65 Å². The van der Waals surface area contributed by atoms with E-state index in [1.807, 2.05) is 6.07 Å². The predicted octanol–water partition coefficient (Wildman–Crippen LogP) is 3.51. The van der Waals surface area contributed by atoms with Crippen LogP contribution in [0.5, 0.6) is 5.75 Å². The Bertz CT molecular complexity index is 1550. The molecule has 1 N–H and O–H groups in total. The number of halogens is 1. The van der Waals surface area contributed by atoms with Crippen molar-refractivity contribution in [1.29, 1.82) is 0 Å². The Balaban J connectivity index is 1.42. The van der Waals surface area contributed by atoms with Gasteiger partial charge < -0.3 is 14.6 Å². The second-order valence-corrected chi connectivity index (χ2v) is 7.70. The van der Waals surface area contributed by atoms with Gasteiger partial charge in [0.05, 0.1) is 12.7 Å². The predicted molar refractivity (Wildman–Crippen MR) is 125 cm³/mol. The fourth-order valence-corrected chi connectivity index (χ4v) is 3.59. The topological polar surface area (TPSA) is 117 Å². The minimum absolute atomic E-state index is 0.181. The molecule has 3 heterocycles. The summed E-state index contributed by atoms with van der Waals surface area (Å²) in [6.07, 6.45) is 1.56. The molecule has 11 heteroatoms. The molecule has 0 aliphatic rings. The lowest BCUT2D eigenvalue weighted by Gasteiger charge is -2.05. The molecule has 170 valence electrons. The number of benzene rings is 2. The van der Waals surface area contributed by atoms with Crippen molar-refractivity contribution >= 4 is 28.8 Å². The number of carbonyl (C=O) groups is 1. The van der Waals surface area contributed by atoms with Gasteiger partial charge in [-0.2, -0.15) is 4.98 Å². The summed E-state index contributed by atoms with van der Waals surface area (Å²) in [5, 5.41) is 11.6. The lowest BCUT2D eigenvalue weighted by atomic mass is 10.2. The molecule has 0 aliphatic carbocycles. The number of pyridine rings is 1. The molecule has 0 bridgehead atoms. The molecule has 1 amide bonds. The van der Waals surface area contributed by atoms with Crippen LogP contribution in [0.1, 0.15) is 0 Å². The first-order chi connectivity index (χ1) is 16.5. The molecule has 0 fully saturated rings. The first kappa shape index (κ1) is 21.4. The van der Waals surface area contributed by atoms with Crippen LogP contribution in [0.3, 0.4) is 0 Å². The molecule has 0 spiro atoms. The molecule has 0 saturated carbocycles. The van der Waals surface area contributed by atoms with Crippen LogP contribution in [-0.2, 0) is 11.3 Å². The number of amides is 1. The van der Waals surface area contributed by atoms with Crippen molar-refractivity contribution in [1.82, 2.24) is 24.3 Å². The van der Waals surface area contributed by atoms with Gasteiger partial charge in [-0.1, -0.05) is 28.9 Å². The molecule has 5 aromatic rings. The lowest BCUT2D eigenvalue weighted by Crippen LogP contribution is -2.28. The van der Waals surface area contributed by atoms with Gasteiger partial charge in [0.2, 0.25) is 11.7 Å². The minimum Gasteiger partial charge on any atom is -0.497 e. The molecule has 34 heavy (non-hydrogen) atoms. The van der Waals surface area contributed by atoms with E-state index in [-0.39, 0.29) is 18.1 Å². The van der Waals surface area contributed by atoms with Crippen LogP contribution in [0.2, 0.25) is 5.02 Å². The molecule has 0 unspecified atom stereocenters. The number of hydrogen-bond donors (Lipinski definition) is 1. The maximum Gasteiger partial charge on any atom is 0.350 e. The zero-order valence-corrected chi connectivity index (χ0v) is 18.6. The van der Waals surface area contributed by atoms with Crippen molar-refractivity contribution in [2.75, 3.05) is 12.4 Å². The fraction of sp³-hybridized carbons (Fsp3) is 0.0870. The maximum atomic E-state index is 12.8. The summed E-state index contributed by atoms with van der Waals surface area (Å²) in [7, 11) is 1.56. The Morgan fingerprint density at radius 1 is 1.15 bits per heavy atom. The van der Waals surface area contributed by atoms with E-state index in [4.69, 9.17) is 20.9 Å². The smallest absolute Gasteiger partial charge is 0.350 e. The Kier molecular flexibility index (Phi) is 5.56. The number of hydrogen-bond acceptors (Lipinski definition) is 7. The van der Waals surface area contributed by atoms with Crippen molar-refractivity contribution in [3.63, 3.8) is 0 Å². The summed E-state index contributed by atoms with van der Waals surface area (Å²) < 4.78 is 12.9. The van der Waals surface area contributed by atoms with E-state index < -0.39 is 11.6 Å². The van der Waals surface area contributed by atoms with E-state index in [2.05, 4.69) is 20.6 Å². The molecule has 5 rings (SSSR count). The molecule has 0 aliphatic heterocycles. The maximum absolute atomic E-state index is 12.8. The van der Waals surface area contributed by atoms with Gasteiger partial charge in [0.25, 0.3) is 5.89 Å². The average Bonchev–Trinajstić information content (AvgIpc) is 3.45. The Labute approximate surface area is 197 Å². The van der Waals surface area contributed by atoms with E-state index >= 15 is 0 Å². The van der Waals surface area contributed by atoms with Gasteiger partial charge in [-0.3, -0.25) is 4.79 Å². The van der Waals surface area contributed by atoms with E-state index in [1.54, 1.807) is 67.9 Å². The average molecular weight is 477 g/mol. The van der Waals surface area contributed by atoms with E-state index in [1.165, 1.54) is 4.40 Å². The summed E-state index contributed by atoms with van der Waals surface area (Å²) in [6, 6.07) is 17.3. The third kappa shape index (κ3) is 4.14. The normalized spacial score (nSPS) is 11.0. The van der Waals surface area contributed by atoms with Crippen LogP contribution in [0.4, 0.5) is 5.69 Å². The lowest BCUT2D eigenvalue weighted by molar-refractivity contribution is -0.117. The number of methoxy groups -OCH3 is 1. The highest BCUT2D eigenvalue weighted by Gasteiger charge is 2.18. The van der Waals surface area contributed by atoms with E-state index in [9.17, 15) is 9.59 Å². The van der Waals surface area contributed by atoms with Gasteiger partial charge in [-0.25, -0.2) is 13.9 Å². The molecule has 2 aromatic carbocycles. The van der Waals surface area contributed by atoms with Crippen LogP contribution in [-0.4, -0.2) is 37.3 Å². The van der Waals surface area contributed by atoms with Crippen LogP contribution >= 0.6 is 11.6 Å². The molecular formula is C23H17ClN6O4. The summed E-state index contributed by atoms with van der Waals surface area (Å²) in [4.78, 5) is 29.8. The minimum atomic E-state index is -0.476. The largest absolute Gasteiger partial charge is 0.497 e. The third-order valence-corrected chi connectivity index (χ3v) is 5.25. The van der Waals surface area contributed by atoms with E-state index in [0.717, 1.165) is 4.68 Å². The SMILES string of the molecule is COc1ccc(NC(=O)Cn2nc3c(-c4nc(-c5cccc(Cl)c5)no4)cccn3c2=O)cc1. The highest BCUT2D eigenvalue weighted by atomic mass is 35.5. The standard InChI is InChI=1S/C23H17ClN6O4/c1-33-17-9-7-16(8-10-17)25-19(31)13-30-23(32)29-11-3-6-18(21(29)27-30)22-26-20(28-34-22)14-4-2-5-15(24)12-14/h2-12H,13H2,1H3,(H,25,31). The number of carbonyl (C=O) groups excluding carboxylic acids is 1. The van der Waals surface area contributed by atoms with Crippen molar-refractivity contribution in [2.24, 2.45) is 0 Å². The van der Waals surface area contributed by atoms with Crippen molar-refractivity contribution in [3.8, 4) is 28.6 Å². The van der Waals surface area contributed by atoms with Gasteiger partial charge in [-0.05, 0) is 48.5 Å². The number of rotatable bonds is 6. The van der Waals surface area contributed by atoms with Crippen LogP contribution in [0.25, 0.3) is 28.5 Å². The summed E-state index contributed by atoms with van der Waals surface area (Å²) in [5.41, 5.74) is 1.52. The molecule has 10 nitrogen and oxygen atoms in total. The van der Waals surface area contributed by atoms with Crippen molar-refractivity contribution in [3.05, 3.63) is 82.4 Å². The highest BCUT2D eigenvalue weighted by molar-refractivity contribution is 6.30. The molecule has 3 aromatic heterocycles. The monoisotopic (exact) mass is 476 g/mol. The number of nitrogens with zero attached hydrogens (tertiary/aromatic N) is 5. The molecule has 0 radical (unpaired) electrons. The third-order valence-electron chi connectivity index (χ3n) is 5.02. The van der Waals surface area contributed by atoms with Crippen LogP contribution in [0, 0.1) is 0 Å². The number of nitrogens with one attached hydrogen (secondary N) is 1. The second-order valence-electron chi connectivity index (χ2n) is 7.27. The fourth-order valence-electron chi connectivity index (χ4n) is 3.40. The highest BCUT2D eigenvalue weighted by Crippen LogP contribution is 2.25. The quantitative estimate of drug-likeness (QED) is 0.398. The van der Waals surface area contributed by atoms with Gasteiger partial charge in [0, 0.05) is 22.5 Å². The number of fused-ring (bicyclic) bond motifs is 1. The second kappa shape index (κ2) is 8.83. The Morgan fingerprint density at radius 3 is 2.74 bits per heavy atom. The number of ether oxygens (including phenoxy) is 1. The first-order valence-corrected chi connectivity index (χ1v) is 10.5. The number of anilines is 1. The molecular weight excluding hydrogens is 460 g/mol. The van der Waals surface area contributed by atoms with Gasteiger partial charge >= 0.3 is 5.69 Å². The number of aromatic nitrogens is 5. The van der Waals surface area contributed by atoms with Crippen molar-refractivity contribution < 1.29 is 14.1 Å². The summed E-state index contributed by atoms with van der Waals surface area (Å²) in [5.74, 6) is 0.792. The van der Waals surface area contributed by atoms with Crippen molar-refractivity contribution in [2.45, 2.75) is 6.54 Å². The zero-order valence-electron chi connectivity index (χ0n) is 17.8. The molecule has 0 saturated heterocycles. The van der Waals surface area contributed by atoms with Gasteiger partial charge in [-0.15, -0.1) is 5.10 Å². The first-order valence-electron chi connectivity index (χ1n) is 10.1. The summed E-state index contributed by atoms with van der Waals surface area (Å²) >= 11 is 6.05.